The van der Waals surface area contributed by atoms with E-state index in [1.165, 1.54) is 0 Å². The monoisotopic (exact) mass is 322 g/mol. The highest BCUT2D eigenvalue weighted by Gasteiger charge is 2.27. The van der Waals surface area contributed by atoms with E-state index in [-0.39, 0.29) is 18.4 Å². The fourth-order valence-electron chi connectivity index (χ4n) is 2.58. The number of hydrogen-bond donors (Lipinski definition) is 1. The lowest BCUT2D eigenvalue weighted by Gasteiger charge is -2.39. The summed E-state index contributed by atoms with van der Waals surface area (Å²) in [6.07, 6.45) is 1.05. The van der Waals surface area contributed by atoms with Gasteiger partial charge < -0.3 is 5.73 Å². The molecule has 1 aliphatic heterocycles. The highest BCUT2D eigenvalue weighted by atomic mass is 35.5. The molecular weight excluding hydrogens is 303 g/mol. The maximum absolute atomic E-state index is 6.27. The minimum absolute atomic E-state index is 0. The molecule has 3 unspecified atom stereocenters. The molecule has 19 heavy (non-hydrogen) atoms. The van der Waals surface area contributed by atoms with Crippen LogP contribution in [0.2, 0.25) is 10.0 Å². The summed E-state index contributed by atoms with van der Waals surface area (Å²) >= 11 is 12.3. The average molecular weight is 324 g/mol. The fourth-order valence-corrected chi connectivity index (χ4v) is 3.04. The highest BCUT2D eigenvalue weighted by molar-refractivity contribution is 6.33. The van der Waals surface area contributed by atoms with E-state index in [0.717, 1.165) is 35.1 Å². The minimum Gasteiger partial charge on any atom is -0.327 e. The summed E-state index contributed by atoms with van der Waals surface area (Å²) in [4.78, 5) is 2.44. The molecule has 2 rings (SSSR count). The third kappa shape index (κ3) is 3.99. The van der Waals surface area contributed by atoms with Crippen molar-refractivity contribution in [1.82, 2.24) is 4.90 Å². The van der Waals surface area contributed by atoms with E-state index in [2.05, 4.69) is 18.7 Å². The van der Waals surface area contributed by atoms with E-state index < -0.39 is 0 Å². The van der Waals surface area contributed by atoms with Crippen molar-refractivity contribution in [3.8, 4) is 0 Å². The van der Waals surface area contributed by atoms with Crippen molar-refractivity contribution in [2.75, 3.05) is 13.1 Å². The van der Waals surface area contributed by atoms with Crippen LogP contribution in [0.5, 0.6) is 0 Å². The van der Waals surface area contributed by atoms with Crippen molar-refractivity contribution >= 4 is 35.6 Å². The van der Waals surface area contributed by atoms with Crippen LogP contribution in [0, 0.1) is 5.92 Å². The summed E-state index contributed by atoms with van der Waals surface area (Å²) in [5.41, 5.74) is 7.16. The number of nitrogens with two attached hydrogens (primary N) is 1. The van der Waals surface area contributed by atoms with Crippen LogP contribution < -0.4 is 5.73 Å². The van der Waals surface area contributed by atoms with Gasteiger partial charge in [-0.2, -0.15) is 0 Å². The van der Waals surface area contributed by atoms with Gasteiger partial charge in [-0.05, 0) is 43.0 Å². The Labute approximate surface area is 131 Å². The third-order valence-corrected chi connectivity index (χ3v) is 4.54. The molecule has 0 spiro atoms. The standard InChI is InChI=1S/C14H20Cl2N2.ClH/c1-9-8-18(6-5-14(9)17)10(2)12-7-11(15)3-4-13(12)16;/h3-4,7,9-10,14H,5-6,8,17H2,1-2H3;1H. The number of benzene rings is 1. The van der Waals surface area contributed by atoms with Crippen LogP contribution in [-0.4, -0.2) is 24.0 Å². The Morgan fingerprint density at radius 2 is 2.05 bits per heavy atom. The Bertz CT molecular complexity index is 425. The van der Waals surface area contributed by atoms with Gasteiger partial charge in [-0.1, -0.05) is 30.1 Å². The number of hydrogen-bond acceptors (Lipinski definition) is 2. The van der Waals surface area contributed by atoms with Crippen molar-refractivity contribution in [3.63, 3.8) is 0 Å². The summed E-state index contributed by atoms with van der Waals surface area (Å²) in [5, 5.41) is 1.53. The van der Waals surface area contributed by atoms with E-state index in [4.69, 9.17) is 28.9 Å². The zero-order chi connectivity index (χ0) is 13.3. The smallest absolute Gasteiger partial charge is 0.0454 e. The Morgan fingerprint density at radius 1 is 1.37 bits per heavy atom. The third-order valence-electron chi connectivity index (χ3n) is 3.96. The van der Waals surface area contributed by atoms with Crippen LogP contribution in [0.25, 0.3) is 0 Å². The van der Waals surface area contributed by atoms with Crippen LogP contribution in [0.4, 0.5) is 0 Å². The van der Waals surface area contributed by atoms with Crippen LogP contribution in [0.3, 0.4) is 0 Å². The van der Waals surface area contributed by atoms with Crippen molar-refractivity contribution < 1.29 is 0 Å². The number of likely N-dealkylation sites (tertiary alicyclic amines) is 1. The molecular formula is C14H21Cl3N2. The predicted octanol–water partition coefficient (Wildman–Crippen LogP) is 4.15. The van der Waals surface area contributed by atoms with Crippen molar-refractivity contribution in [1.29, 1.82) is 0 Å². The van der Waals surface area contributed by atoms with Crippen molar-refractivity contribution in [2.24, 2.45) is 11.7 Å². The first-order valence-corrected chi connectivity index (χ1v) is 7.19. The molecule has 2 nitrogen and oxygen atoms in total. The average Bonchev–Trinajstić information content (AvgIpc) is 2.35. The first-order chi connectivity index (χ1) is 8.49. The Hall–Kier alpha value is 0.01000. The fraction of sp³-hybridized carbons (Fsp3) is 0.571. The zero-order valence-corrected chi connectivity index (χ0v) is 13.6. The van der Waals surface area contributed by atoms with Crippen LogP contribution in [-0.2, 0) is 0 Å². The first-order valence-electron chi connectivity index (χ1n) is 6.43. The van der Waals surface area contributed by atoms with Gasteiger partial charge in [0.15, 0.2) is 0 Å². The molecule has 0 amide bonds. The lowest BCUT2D eigenvalue weighted by Crippen LogP contribution is -2.46. The van der Waals surface area contributed by atoms with Crippen molar-refractivity contribution in [3.05, 3.63) is 33.8 Å². The molecule has 1 aliphatic rings. The maximum atomic E-state index is 6.27. The number of nitrogens with zero attached hydrogens (tertiary/aromatic N) is 1. The molecule has 5 heteroatoms. The van der Waals surface area contributed by atoms with Gasteiger partial charge in [-0.15, -0.1) is 12.4 Å². The molecule has 0 bridgehead atoms. The van der Waals surface area contributed by atoms with E-state index in [0.29, 0.717) is 12.0 Å². The molecule has 2 N–H and O–H groups in total. The lowest BCUT2D eigenvalue weighted by atomic mass is 9.92. The maximum Gasteiger partial charge on any atom is 0.0454 e. The molecule has 0 aliphatic carbocycles. The van der Waals surface area contributed by atoms with Crippen LogP contribution in [0.15, 0.2) is 18.2 Å². The SMILES string of the molecule is CC1CN(C(C)c2cc(Cl)ccc2Cl)CCC1N.Cl. The van der Waals surface area contributed by atoms with Gasteiger partial charge >= 0.3 is 0 Å². The molecule has 1 fully saturated rings. The topological polar surface area (TPSA) is 29.3 Å². The first kappa shape index (κ1) is 17.1. The summed E-state index contributed by atoms with van der Waals surface area (Å²) < 4.78 is 0. The normalized spacial score (nSPS) is 25.7. The molecule has 0 saturated carbocycles. The summed E-state index contributed by atoms with van der Waals surface area (Å²) in [5.74, 6) is 0.527. The van der Waals surface area contributed by atoms with E-state index in [1.807, 2.05) is 18.2 Å². The molecule has 1 aromatic rings. The number of piperidine rings is 1. The van der Waals surface area contributed by atoms with E-state index in [9.17, 15) is 0 Å². The molecule has 1 saturated heterocycles. The molecule has 0 radical (unpaired) electrons. The summed E-state index contributed by atoms with van der Waals surface area (Å²) in [6.45, 7) is 6.44. The quantitative estimate of drug-likeness (QED) is 0.886. The molecule has 0 aromatic heterocycles. The Kier molecular flexibility index (Phi) is 6.41. The molecule has 1 heterocycles. The zero-order valence-electron chi connectivity index (χ0n) is 11.3. The van der Waals surface area contributed by atoms with E-state index >= 15 is 0 Å². The molecule has 3 atom stereocenters. The Balaban J connectivity index is 0.00000180. The minimum atomic E-state index is 0. The predicted molar refractivity (Wildman–Crippen MR) is 85.5 cm³/mol. The largest absolute Gasteiger partial charge is 0.327 e. The van der Waals surface area contributed by atoms with Crippen molar-refractivity contribution in [2.45, 2.75) is 32.4 Å². The van der Waals surface area contributed by atoms with Gasteiger partial charge in [0.05, 0.1) is 0 Å². The van der Waals surface area contributed by atoms with Crippen LogP contribution in [0.1, 0.15) is 31.9 Å². The number of rotatable bonds is 2. The van der Waals surface area contributed by atoms with Gasteiger partial charge in [0.1, 0.15) is 0 Å². The van der Waals surface area contributed by atoms with Gasteiger partial charge in [0.25, 0.3) is 0 Å². The summed E-state index contributed by atoms with van der Waals surface area (Å²) in [7, 11) is 0. The second kappa shape index (κ2) is 7.14. The summed E-state index contributed by atoms with van der Waals surface area (Å²) in [6, 6.07) is 6.27. The van der Waals surface area contributed by atoms with Gasteiger partial charge in [0.2, 0.25) is 0 Å². The van der Waals surface area contributed by atoms with Gasteiger partial charge in [-0.3, -0.25) is 4.90 Å². The lowest BCUT2D eigenvalue weighted by molar-refractivity contribution is 0.124. The van der Waals surface area contributed by atoms with E-state index in [1.54, 1.807) is 0 Å². The number of halogens is 3. The second-order valence-electron chi connectivity index (χ2n) is 5.27. The molecule has 108 valence electrons. The molecule has 1 aromatic carbocycles. The van der Waals surface area contributed by atoms with Gasteiger partial charge in [0, 0.05) is 35.2 Å². The highest BCUT2D eigenvalue weighted by Crippen LogP contribution is 2.32. The van der Waals surface area contributed by atoms with Crippen LogP contribution >= 0.6 is 35.6 Å². The Morgan fingerprint density at radius 3 is 2.68 bits per heavy atom. The second-order valence-corrected chi connectivity index (χ2v) is 6.11. The van der Waals surface area contributed by atoms with Gasteiger partial charge in [-0.25, -0.2) is 0 Å².